The second-order valence-corrected chi connectivity index (χ2v) is 6.34. The van der Waals surface area contributed by atoms with E-state index in [1.165, 1.54) is 18.0 Å². The van der Waals surface area contributed by atoms with Crippen LogP contribution in [0, 0.1) is 5.92 Å². The first-order valence-corrected chi connectivity index (χ1v) is 7.62. The van der Waals surface area contributed by atoms with Crippen LogP contribution in [0.25, 0.3) is 0 Å². The second-order valence-electron chi connectivity index (χ2n) is 5.01. The van der Waals surface area contributed by atoms with E-state index in [-0.39, 0.29) is 23.1 Å². The molecule has 1 aliphatic heterocycles. The maximum atomic E-state index is 12.3. The van der Waals surface area contributed by atoms with Gasteiger partial charge in [0.2, 0.25) is 5.91 Å². The maximum absolute atomic E-state index is 12.3. The van der Waals surface area contributed by atoms with Crippen LogP contribution in [0.3, 0.4) is 0 Å². The summed E-state index contributed by atoms with van der Waals surface area (Å²) in [5, 5.41) is 2.69. The lowest BCUT2D eigenvalue weighted by molar-refractivity contribution is -0.117. The number of nitrogens with one attached hydrogen (secondary N) is 1. The van der Waals surface area contributed by atoms with Crippen molar-refractivity contribution in [3.05, 3.63) is 54.4 Å². The van der Waals surface area contributed by atoms with Crippen LogP contribution in [0.15, 0.2) is 48.8 Å². The van der Waals surface area contributed by atoms with E-state index in [2.05, 4.69) is 10.3 Å². The quantitative estimate of drug-likeness (QED) is 0.868. The summed E-state index contributed by atoms with van der Waals surface area (Å²) >= 11 is 1.51. The van der Waals surface area contributed by atoms with Gasteiger partial charge in [-0.2, -0.15) is 0 Å². The molecule has 5 nitrogen and oxygen atoms in total. The summed E-state index contributed by atoms with van der Waals surface area (Å²) in [5.41, 5.74) is 5.96. The molecule has 3 rings (SSSR count). The van der Waals surface area contributed by atoms with Crippen LogP contribution in [0.5, 0.6) is 0 Å². The van der Waals surface area contributed by atoms with Crippen molar-refractivity contribution in [1.82, 2.24) is 10.3 Å². The lowest BCUT2D eigenvalue weighted by Gasteiger charge is -2.23. The Morgan fingerprint density at radius 1 is 1.29 bits per heavy atom. The zero-order valence-electron chi connectivity index (χ0n) is 11.2. The Hall–Kier alpha value is -2.08. The number of nitrogens with two attached hydrogens (primary N) is 1. The molecule has 0 aromatic carbocycles. The van der Waals surface area contributed by atoms with Gasteiger partial charge in [0.25, 0.3) is 5.91 Å². The molecule has 1 aromatic rings. The maximum Gasteiger partial charge on any atom is 0.253 e. The molecule has 1 saturated heterocycles. The zero-order chi connectivity index (χ0) is 14.8. The van der Waals surface area contributed by atoms with Gasteiger partial charge in [-0.1, -0.05) is 24.3 Å². The number of allylic oxidation sites excluding steroid dienone is 2. The Balaban J connectivity index is 1.81. The monoisotopic (exact) mass is 301 g/mol. The Bertz CT molecular complexity index is 615. The minimum atomic E-state index is -0.423. The van der Waals surface area contributed by atoms with E-state index in [1.807, 2.05) is 24.3 Å². The number of carbonyl (C=O) groups is 2. The number of hydrogen-bond acceptors (Lipinski definition) is 4. The number of thioether (sulfide) groups is 1. The molecular weight excluding hydrogens is 286 g/mol. The van der Waals surface area contributed by atoms with E-state index in [0.29, 0.717) is 5.56 Å². The molecule has 2 heterocycles. The highest BCUT2D eigenvalue weighted by Gasteiger charge is 2.45. The molecule has 4 unspecified atom stereocenters. The normalized spacial score (nSPS) is 29.9. The van der Waals surface area contributed by atoms with Gasteiger partial charge in [0, 0.05) is 23.6 Å². The first-order valence-electron chi connectivity index (χ1n) is 6.67. The predicted octanol–water partition coefficient (Wildman–Crippen LogP) is 0.891. The van der Waals surface area contributed by atoms with Crippen molar-refractivity contribution >= 4 is 23.6 Å². The van der Waals surface area contributed by atoms with Gasteiger partial charge in [-0.15, -0.1) is 11.8 Å². The molecule has 0 radical (unpaired) electrons. The van der Waals surface area contributed by atoms with Crippen molar-refractivity contribution in [2.24, 2.45) is 11.7 Å². The minimum absolute atomic E-state index is 0.0816. The van der Waals surface area contributed by atoms with E-state index < -0.39 is 11.2 Å². The van der Waals surface area contributed by atoms with Gasteiger partial charge in [0.05, 0.1) is 11.6 Å². The highest BCUT2D eigenvalue weighted by Crippen LogP contribution is 2.41. The number of hydrogen-bond donors (Lipinski definition) is 2. The van der Waals surface area contributed by atoms with Crippen molar-refractivity contribution in [1.29, 1.82) is 0 Å². The molecule has 1 aromatic heterocycles. The van der Waals surface area contributed by atoms with E-state index in [9.17, 15) is 9.59 Å². The third-order valence-electron chi connectivity index (χ3n) is 3.67. The van der Waals surface area contributed by atoms with Crippen LogP contribution in [-0.4, -0.2) is 33.3 Å². The lowest BCUT2D eigenvalue weighted by atomic mass is 9.90. The standard InChI is InChI=1S/C15H15N3O2S/c16-14(19)13-12(10-5-1-2-6-11(10)21-13)18-15(20)9-4-3-7-17-8-9/h1-8,10-13H,(H2,16,19)(H,18,20). The van der Waals surface area contributed by atoms with Crippen LogP contribution in [0.2, 0.25) is 0 Å². The number of nitrogens with zero attached hydrogens (tertiary/aromatic N) is 1. The number of rotatable bonds is 3. The number of amides is 2. The number of fused-ring (bicyclic) bond motifs is 1. The van der Waals surface area contributed by atoms with Gasteiger partial charge in [0.15, 0.2) is 0 Å². The van der Waals surface area contributed by atoms with Gasteiger partial charge < -0.3 is 11.1 Å². The zero-order valence-corrected chi connectivity index (χ0v) is 12.0. The Morgan fingerprint density at radius 3 is 2.81 bits per heavy atom. The summed E-state index contributed by atoms with van der Waals surface area (Å²) in [6, 6.07) is 3.10. The van der Waals surface area contributed by atoms with Gasteiger partial charge in [-0.05, 0) is 12.1 Å². The van der Waals surface area contributed by atoms with Crippen molar-refractivity contribution in [2.75, 3.05) is 0 Å². The second kappa shape index (κ2) is 5.73. The van der Waals surface area contributed by atoms with Crippen LogP contribution >= 0.6 is 11.8 Å². The Labute approximate surface area is 126 Å². The summed E-state index contributed by atoms with van der Waals surface area (Å²) < 4.78 is 0. The molecule has 6 heteroatoms. The molecule has 4 atom stereocenters. The van der Waals surface area contributed by atoms with E-state index >= 15 is 0 Å². The van der Waals surface area contributed by atoms with Crippen molar-refractivity contribution < 1.29 is 9.59 Å². The van der Waals surface area contributed by atoms with Crippen molar-refractivity contribution in [2.45, 2.75) is 16.5 Å². The van der Waals surface area contributed by atoms with Crippen molar-refractivity contribution in [3.8, 4) is 0 Å². The average Bonchev–Trinajstić information content (AvgIpc) is 2.87. The summed E-state index contributed by atoms with van der Waals surface area (Å²) in [7, 11) is 0. The number of carbonyl (C=O) groups excluding carboxylic acids is 2. The molecule has 2 amide bonds. The van der Waals surface area contributed by atoms with Gasteiger partial charge in [-0.3, -0.25) is 14.6 Å². The fraction of sp³-hybridized carbons (Fsp3) is 0.267. The molecule has 2 aliphatic rings. The summed E-state index contributed by atoms with van der Waals surface area (Å²) in [6.07, 6.45) is 11.1. The fourth-order valence-corrected chi connectivity index (χ4v) is 4.18. The largest absolute Gasteiger partial charge is 0.369 e. The molecule has 1 aliphatic carbocycles. The molecule has 21 heavy (non-hydrogen) atoms. The number of pyridine rings is 1. The summed E-state index contributed by atoms with van der Waals surface area (Å²) in [6.45, 7) is 0. The highest BCUT2D eigenvalue weighted by atomic mass is 32.2. The van der Waals surface area contributed by atoms with E-state index in [4.69, 9.17) is 5.73 Å². The third-order valence-corrected chi connectivity index (χ3v) is 5.28. The molecular formula is C15H15N3O2S. The van der Waals surface area contributed by atoms with Crippen LogP contribution in [0.1, 0.15) is 10.4 Å². The molecule has 0 bridgehead atoms. The first kappa shape index (κ1) is 13.9. The number of primary amides is 1. The molecule has 0 spiro atoms. The summed E-state index contributed by atoms with van der Waals surface area (Å²) in [4.78, 5) is 27.9. The van der Waals surface area contributed by atoms with E-state index in [1.54, 1.807) is 18.3 Å². The molecule has 108 valence electrons. The lowest BCUT2D eigenvalue weighted by Crippen LogP contribution is -2.48. The van der Waals surface area contributed by atoms with Crippen LogP contribution in [0.4, 0.5) is 0 Å². The van der Waals surface area contributed by atoms with Crippen LogP contribution in [-0.2, 0) is 4.79 Å². The molecule has 3 N–H and O–H groups in total. The third kappa shape index (κ3) is 2.71. The Morgan fingerprint density at radius 2 is 2.10 bits per heavy atom. The SMILES string of the molecule is NC(=O)C1SC2C=CC=CC2C1NC(=O)c1cccnc1. The summed E-state index contributed by atoms with van der Waals surface area (Å²) in [5.74, 6) is -0.547. The fourth-order valence-electron chi connectivity index (χ4n) is 2.67. The van der Waals surface area contributed by atoms with E-state index in [0.717, 1.165) is 0 Å². The topological polar surface area (TPSA) is 85.1 Å². The highest BCUT2D eigenvalue weighted by molar-refractivity contribution is 8.01. The van der Waals surface area contributed by atoms with Gasteiger partial charge >= 0.3 is 0 Å². The minimum Gasteiger partial charge on any atom is -0.369 e. The smallest absolute Gasteiger partial charge is 0.253 e. The Kier molecular flexibility index (Phi) is 3.79. The van der Waals surface area contributed by atoms with Crippen LogP contribution < -0.4 is 11.1 Å². The molecule has 1 fully saturated rings. The number of aromatic nitrogens is 1. The van der Waals surface area contributed by atoms with Gasteiger partial charge in [0.1, 0.15) is 5.25 Å². The first-order chi connectivity index (χ1) is 10.2. The molecule has 0 saturated carbocycles. The van der Waals surface area contributed by atoms with Gasteiger partial charge in [-0.25, -0.2) is 0 Å². The van der Waals surface area contributed by atoms with Crippen molar-refractivity contribution in [3.63, 3.8) is 0 Å². The average molecular weight is 301 g/mol. The predicted molar refractivity (Wildman–Crippen MR) is 81.6 cm³/mol.